The molecular weight excluding hydrogens is 528 g/mol. The van der Waals surface area contributed by atoms with Gasteiger partial charge in [-0.2, -0.15) is 5.10 Å². The van der Waals surface area contributed by atoms with Crippen molar-refractivity contribution >= 4 is 44.0 Å². The summed E-state index contributed by atoms with van der Waals surface area (Å²) in [6.07, 6.45) is 1.55. The Balaban J connectivity index is 1.60. The Hall–Kier alpha value is -2.84. The van der Waals surface area contributed by atoms with Crippen LogP contribution in [0.1, 0.15) is 21.5 Å². The van der Waals surface area contributed by atoms with Gasteiger partial charge in [0, 0.05) is 16.1 Å². The Labute approximate surface area is 197 Å². The molecule has 0 aromatic heterocycles. The highest BCUT2D eigenvalue weighted by atomic mass is 79.9. The lowest BCUT2D eigenvalue weighted by Crippen LogP contribution is -2.17. The molecule has 0 aliphatic carbocycles. The van der Waals surface area contributed by atoms with Crippen molar-refractivity contribution in [1.82, 2.24) is 5.43 Å². The normalized spacial score (nSPS) is 10.7. The van der Waals surface area contributed by atoms with E-state index in [1.54, 1.807) is 24.4 Å². The minimum Gasteiger partial charge on any atom is -0.497 e. The molecule has 0 unspecified atom stereocenters. The number of hydrazone groups is 1. The summed E-state index contributed by atoms with van der Waals surface area (Å²) in [5, 5.41) is 4.03. The molecule has 160 valence electrons. The van der Waals surface area contributed by atoms with Gasteiger partial charge in [-0.3, -0.25) is 4.79 Å². The fourth-order valence-corrected chi connectivity index (χ4v) is 3.40. The van der Waals surface area contributed by atoms with Gasteiger partial charge < -0.3 is 14.2 Å². The third-order valence-corrected chi connectivity index (χ3v) is 5.41. The van der Waals surface area contributed by atoms with E-state index in [0.717, 1.165) is 20.1 Å². The second-order valence-electron chi connectivity index (χ2n) is 6.41. The van der Waals surface area contributed by atoms with E-state index in [-0.39, 0.29) is 5.91 Å². The number of nitrogens with one attached hydrogen (secondary N) is 1. The van der Waals surface area contributed by atoms with Gasteiger partial charge >= 0.3 is 0 Å². The maximum Gasteiger partial charge on any atom is 0.271 e. The molecule has 0 aliphatic heterocycles. The molecule has 0 spiro atoms. The first kappa shape index (κ1) is 22.8. The maximum atomic E-state index is 12.4. The smallest absolute Gasteiger partial charge is 0.271 e. The standard InChI is InChI=1S/C23H20Br2N2O4/c1-29-19-10-17(11-20(12-19)30-2)23(28)27-26-13-16-5-8-22(21(25)9-16)31-14-15-3-6-18(24)7-4-15/h3-13H,14H2,1-2H3,(H,27,28)/b26-13-. The zero-order valence-corrected chi connectivity index (χ0v) is 20.1. The summed E-state index contributed by atoms with van der Waals surface area (Å²) in [5.74, 6) is 1.39. The van der Waals surface area contributed by atoms with Crippen LogP contribution in [-0.4, -0.2) is 26.3 Å². The molecule has 0 aliphatic rings. The fraction of sp³-hybridized carbons (Fsp3) is 0.130. The van der Waals surface area contributed by atoms with E-state index in [2.05, 4.69) is 42.4 Å². The second-order valence-corrected chi connectivity index (χ2v) is 8.18. The zero-order valence-electron chi connectivity index (χ0n) is 16.9. The monoisotopic (exact) mass is 546 g/mol. The predicted molar refractivity (Wildman–Crippen MR) is 127 cm³/mol. The number of carbonyl (C=O) groups excluding carboxylic acids is 1. The van der Waals surface area contributed by atoms with Crippen LogP contribution in [0.5, 0.6) is 17.2 Å². The molecule has 1 N–H and O–H groups in total. The van der Waals surface area contributed by atoms with E-state index in [4.69, 9.17) is 14.2 Å². The summed E-state index contributed by atoms with van der Waals surface area (Å²) < 4.78 is 18.0. The van der Waals surface area contributed by atoms with Crippen LogP contribution in [0.2, 0.25) is 0 Å². The predicted octanol–water partition coefficient (Wildman–Crippen LogP) is 5.57. The van der Waals surface area contributed by atoms with Crippen LogP contribution >= 0.6 is 31.9 Å². The van der Waals surface area contributed by atoms with E-state index >= 15 is 0 Å². The first-order valence-electron chi connectivity index (χ1n) is 9.22. The highest BCUT2D eigenvalue weighted by molar-refractivity contribution is 9.10. The first-order chi connectivity index (χ1) is 15.0. The third-order valence-electron chi connectivity index (χ3n) is 4.26. The molecule has 3 rings (SSSR count). The van der Waals surface area contributed by atoms with E-state index in [1.165, 1.54) is 14.2 Å². The summed E-state index contributed by atoms with van der Waals surface area (Å²) in [4.78, 5) is 12.4. The molecule has 6 nitrogen and oxygen atoms in total. The number of carbonyl (C=O) groups is 1. The number of rotatable bonds is 8. The Morgan fingerprint density at radius 3 is 2.26 bits per heavy atom. The number of amides is 1. The number of benzene rings is 3. The van der Waals surface area contributed by atoms with Gasteiger partial charge in [0.05, 0.1) is 24.9 Å². The zero-order chi connectivity index (χ0) is 22.2. The van der Waals surface area contributed by atoms with Gasteiger partial charge in [-0.25, -0.2) is 5.43 Å². The van der Waals surface area contributed by atoms with E-state index in [0.29, 0.717) is 29.4 Å². The molecule has 0 fully saturated rings. The highest BCUT2D eigenvalue weighted by Gasteiger charge is 2.09. The van der Waals surface area contributed by atoms with Crippen molar-refractivity contribution in [2.75, 3.05) is 14.2 Å². The Bertz CT molecular complexity index is 1060. The van der Waals surface area contributed by atoms with Crippen LogP contribution in [0, 0.1) is 0 Å². The number of hydrogen-bond donors (Lipinski definition) is 1. The molecule has 0 atom stereocenters. The highest BCUT2D eigenvalue weighted by Crippen LogP contribution is 2.27. The first-order valence-corrected chi connectivity index (χ1v) is 10.8. The minimum absolute atomic E-state index is 0.373. The van der Waals surface area contributed by atoms with Crippen molar-refractivity contribution < 1.29 is 19.0 Å². The van der Waals surface area contributed by atoms with Crippen LogP contribution in [0.15, 0.2) is 74.7 Å². The average molecular weight is 548 g/mol. The largest absolute Gasteiger partial charge is 0.497 e. The van der Waals surface area contributed by atoms with Crippen LogP contribution in [0.4, 0.5) is 0 Å². The molecule has 0 heterocycles. The quantitative estimate of drug-likeness (QED) is 0.295. The Morgan fingerprint density at radius 2 is 1.65 bits per heavy atom. The minimum atomic E-state index is -0.373. The summed E-state index contributed by atoms with van der Waals surface area (Å²) in [6, 6.07) is 18.4. The number of halogens is 2. The Morgan fingerprint density at radius 1 is 0.968 bits per heavy atom. The molecule has 8 heteroatoms. The van der Waals surface area contributed by atoms with Crippen LogP contribution in [0.3, 0.4) is 0 Å². The van der Waals surface area contributed by atoms with Gasteiger partial charge in [-0.15, -0.1) is 0 Å². The molecular formula is C23H20Br2N2O4. The van der Waals surface area contributed by atoms with Crippen molar-refractivity contribution in [3.63, 3.8) is 0 Å². The van der Waals surface area contributed by atoms with Gasteiger partial charge in [-0.1, -0.05) is 28.1 Å². The summed E-state index contributed by atoms with van der Waals surface area (Å²) in [6.45, 7) is 0.458. The molecule has 0 saturated carbocycles. The van der Waals surface area contributed by atoms with Crippen LogP contribution < -0.4 is 19.6 Å². The number of hydrogen-bond acceptors (Lipinski definition) is 5. The van der Waals surface area contributed by atoms with Crippen molar-refractivity contribution in [2.24, 2.45) is 5.10 Å². The van der Waals surface area contributed by atoms with E-state index in [1.807, 2.05) is 42.5 Å². The average Bonchev–Trinajstić information content (AvgIpc) is 2.79. The molecule has 3 aromatic carbocycles. The van der Waals surface area contributed by atoms with Gasteiger partial charge in [-0.05, 0) is 69.5 Å². The lowest BCUT2D eigenvalue weighted by atomic mass is 10.2. The van der Waals surface area contributed by atoms with Gasteiger partial charge in [0.15, 0.2) is 0 Å². The summed E-state index contributed by atoms with van der Waals surface area (Å²) in [5.41, 5.74) is 4.75. The van der Waals surface area contributed by atoms with Crippen molar-refractivity contribution in [1.29, 1.82) is 0 Å². The molecule has 0 radical (unpaired) electrons. The lowest BCUT2D eigenvalue weighted by molar-refractivity contribution is 0.0954. The fourth-order valence-electron chi connectivity index (χ4n) is 2.62. The maximum absolute atomic E-state index is 12.4. The van der Waals surface area contributed by atoms with Gasteiger partial charge in [0.25, 0.3) is 5.91 Å². The number of methoxy groups -OCH3 is 2. The van der Waals surface area contributed by atoms with Crippen LogP contribution in [-0.2, 0) is 6.61 Å². The van der Waals surface area contributed by atoms with Gasteiger partial charge in [0.1, 0.15) is 23.9 Å². The van der Waals surface area contributed by atoms with Crippen molar-refractivity contribution in [2.45, 2.75) is 6.61 Å². The second kappa shape index (κ2) is 11.0. The van der Waals surface area contributed by atoms with E-state index < -0.39 is 0 Å². The van der Waals surface area contributed by atoms with Gasteiger partial charge in [0.2, 0.25) is 0 Å². The summed E-state index contributed by atoms with van der Waals surface area (Å²) >= 11 is 6.93. The Kier molecular flexibility index (Phi) is 8.08. The van der Waals surface area contributed by atoms with Crippen molar-refractivity contribution in [3.8, 4) is 17.2 Å². The molecule has 1 amide bonds. The van der Waals surface area contributed by atoms with E-state index in [9.17, 15) is 4.79 Å². The number of ether oxygens (including phenoxy) is 3. The molecule has 31 heavy (non-hydrogen) atoms. The van der Waals surface area contributed by atoms with Crippen molar-refractivity contribution in [3.05, 3.63) is 86.3 Å². The molecule has 3 aromatic rings. The third kappa shape index (κ3) is 6.57. The SMILES string of the molecule is COc1cc(OC)cc(C(=O)N/N=C\c2ccc(OCc3ccc(Br)cc3)c(Br)c2)c1. The summed E-state index contributed by atoms with van der Waals surface area (Å²) in [7, 11) is 3.05. The topological polar surface area (TPSA) is 69.2 Å². The molecule has 0 saturated heterocycles. The van der Waals surface area contributed by atoms with Crippen LogP contribution in [0.25, 0.3) is 0 Å². The molecule has 0 bridgehead atoms. The lowest BCUT2D eigenvalue weighted by Gasteiger charge is -2.09. The number of nitrogens with zero attached hydrogens (tertiary/aromatic N) is 1.